The van der Waals surface area contributed by atoms with Crippen molar-refractivity contribution in [2.45, 2.75) is 18.4 Å². The molecule has 1 aromatic heterocycles. The normalized spacial score (nSPS) is 21.5. The van der Waals surface area contributed by atoms with Gasteiger partial charge < -0.3 is 0 Å². The smallest absolute Gasteiger partial charge is 0.173 e. The van der Waals surface area contributed by atoms with Crippen LogP contribution in [0.3, 0.4) is 0 Å². The molecule has 0 saturated heterocycles. The SMILES string of the molecule is C[C@]1(N=Nc2ccccn2)c2ccccc2/C(=C\c2ccccc2)[C@H]1c1ccccc1. The van der Waals surface area contributed by atoms with E-state index in [9.17, 15) is 0 Å². The standard InChI is InChI=1S/C28H23N3/c1-28(31-30-26-18-10-11-19-29-26)25-17-9-8-16-23(25)24(20-21-12-4-2-5-13-21)27(28)22-14-6-3-7-15-22/h2-20,27H,1H3/b24-20+,31-30?/t27-,28+/m1/s1. The summed E-state index contributed by atoms with van der Waals surface area (Å²) in [7, 11) is 0. The Hall–Kier alpha value is -3.85. The Bertz CT molecular complexity index is 1230. The number of benzene rings is 3. The highest BCUT2D eigenvalue weighted by molar-refractivity contribution is 5.91. The average Bonchev–Trinajstić information content (AvgIpc) is 3.08. The van der Waals surface area contributed by atoms with Gasteiger partial charge in [0, 0.05) is 12.1 Å². The Labute approximate surface area is 182 Å². The van der Waals surface area contributed by atoms with Crippen molar-refractivity contribution in [1.29, 1.82) is 0 Å². The summed E-state index contributed by atoms with van der Waals surface area (Å²) in [6, 6.07) is 35.3. The molecule has 3 aromatic carbocycles. The average molecular weight is 402 g/mol. The van der Waals surface area contributed by atoms with Gasteiger partial charge in [0.15, 0.2) is 5.82 Å². The van der Waals surface area contributed by atoms with E-state index in [1.54, 1.807) is 6.20 Å². The summed E-state index contributed by atoms with van der Waals surface area (Å²) in [6.45, 7) is 2.18. The highest BCUT2D eigenvalue weighted by Gasteiger charge is 2.47. The van der Waals surface area contributed by atoms with Crippen LogP contribution in [-0.2, 0) is 5.54 Å². The van der Waals surface area contributed by atoms with Crippen LogP contribution in [0.1, 0.15) is 35.1 Å². The summed E-state index contributed by atoms with van der Waals surface area (Å²) in [5.74, 6) is 0.660. The fourth-order valence-electron chi connectivity index (χ4n) is 4.51. The van der Waals surface area contributed by atoms with Crippen molar-refractivity contribution in [1.82, 2.24) is 4.98 Å². The molecule has 0 bridgehead atoms. The molecule has 0 saturated carbocycles. The molecular formula is C28H23N3. The van der Waals surface area contributed by atoms with Crippen molar-refractivity contribution in [2.75, 3.05) is 0 Å². The number of aromatic nitrogens is 1. The third kappa shape index (κ3) is 3.59. The summed E-state index contributed by atoms with van der Waals surface area (Å²) in [6.07, 6.45) is 4.03. The first-order chi connectivity index (χ1) is 15.3. The summed E-state index contributed by atoms with van der Waals surface area (Å²) in [5.41, 5.74) is 5.53. The maximum Gasteiger partial charge on any atom is 0.173 e. The fourth-order valence-corrected chi connectivity index (χ4v) is 4.51. The molecule has 0 spiro atoms. The Morgan fingerprint density at radius 2 is 1.45 bits per heavy atom. The van der Waals surface area contributed by atoms with Gasteiger partial charge in [0.25, 0.3) is 0 Å². The van der Waals surface area contributed by atoms with Gasteiger partial charge in [0.2, 0.25) is 0 Å². The second kappa shape index (κ2) is 8.11. The quantitative estimate of drug-likeness (QED) is 0.328. The summed E-state index contributed by atoms with van der Waals surface area (Å²) in [5, 5.41) is 9.50. The topological polar surface area (TPSA) is 37.6 Å². The Morgan fingerprint density at radius 1 is 0.774 bits per heavy atom. The van der Waals surface area contributed by atoms with Crippen molar-refractivity contribution in [3.05, 3.63) is 132 Å². The van der Waals surface area contributed by atoms with Gasteiger partial charge in [0.1, 0.15) is 5.54 Å². The minimum Gasteiger partial charge on any atom is -0.236 e. The van der Waals surface area contributed by atoms with Crippen LogP contribution in [0.5, 0.6) is 0 Å². The zero-order valence-corrected chi connectivity index (χ0v) is 17.4. The molecule has 0 amide bonds. The van der Waals surface area contributed by atoms with Gasteiger partial charge in [-0.2, -0.15) is 5.11 Å². The van der Waals surface area contributed by atoms with Gasteiger partial charge in [-0.05, 0) is 46.9 Å². The molecule has 0 N–H and O–H groups in total. The maximum absolute atomic E-state index is 4.94. The lowest BCUT2D eigenvalue weighted by molar-refractivity contribution is 0.451. The monoisotopic (exact) mass is 401 g/mol. The van der Waals surface area contributed by atoms with Gasteiger partial charge in [-0.15, -0.1) is 5.11 Å². The molecule has 1 heterocycles. The van der Waals surface area contributed by atoms with Crippen LogP contribution in [0, 0.1) is 0 Å². The molecule has 5 rings (SSSR count). The lowest BCUT2D eigenvalue weighted by Crippen LogP contribution is -2.23. The number of hydrogen-bond acceptors (Lipinski definition) is 3. The Morgan fingerprint density at radius 3 is 2.19 bits per heavy atom. The van der Waals surface area contributed by atoms with E-state index in [0.29, 0.717) is 5.82 Å². The number of azo groups is 1. The van der Waals surface area contributed by atoms with Crippen LogP contribution in [0.25, 0.3) is 11.6 Å². The van der Waals surface area contributed by atoms with Gasteiger partial charge in [-0.1, -0.05) is 97.1 Å². The second-order valence-corrected chi connectivity index (χ2v) is 7.94. The molecule has 3 heteroatoms. The van der Waals surface area contributed by atoms with E-state index >= 15 is 0 Å². The van der Waals surface area contributed by atoms with Crippen LogP contribution in [0.15, 0.2) is 120 Å². The van der Waals surface area contributed by atoms with Crippen molar-refractivity contribution < 1.29 is 0 Å². The van der Waals surface area contributed by atoms with Crippen LogP contribution in [0.4, 0.5) is 5.82 Å². The first-order valence-electron chi connectivity index (χ1n) is 10.5. The zero-order chi connectivity index (χ0) is 21.1. The Balaban J connectivity index is 1.72. The second-order valence-electron chi connectivity index (χ2n) is 7.94. The summed E-state index contributed by atoms with van der Waals surface area (Å²) < 4.78 is 0. The fraction of sp³-hybridized carbons (Fsp3) is 0.107. The van der Waals surface area contributed by atoms with Gasteiger partial charge in [-0.3, -0.25) is 0 Å². The molecule has 4 aromatic rings. The predicted molar refractivity (Wildman–Crippen MR) is 126 cm³/mol. The molecule has 0 unspecified atom stereocenters. The summed E-state index contributed by atoms with van der Waals surface area (Å²) in [4.78, 5) is 4.34. The van der Waals surface area contributed by atoms with Crippen molar-refractivity contribution in [2.24, 2.45) is 10.2 Å². The maximum atomic E-state index is 4.94. The van der Waals surface area contributed by atoms with Crippen molar-refractivity contribution in [3.63, 3.8) is 0 Å². The van der Waals surface area contributed by atoms with E-state index < -0.39 is 5.54 Å². The minimum atomic E-state index is -0.546. The first-order valence-corrected chi connectivity index (χ1v) is 10.5. The molecule has 2 atom stereocenters. The number of nitrogens with zero attached hydrogens (tertiary/aromatic N) is 3. The molecule has 0 fully saturated rings. The van der Waals surface area contributed by atoms with E-state index in [2.05, 4.69) is 102 Å². The number of pyridine rings is 1. The molecule has 3 nitrogen and oxygen atoms in total. The highest BCUT2D eigenvalue weighted by atomic mass is 15.2. The van der Waals surface area contributed by atoms with E-state index in [0.717, 1.165) is 0 Å². The van der Waals surface area contributed by atoms with Gasteiger partial charge in [0.05, 0.1) is 0 Å². The number of rotatable bonds is 4. The van der Waals surface area contributed by atoms with Gasteiger partial charge in [-0.25, -0.2) is 4.98 Å². The molecule has 1 aliphatic rings. The van der Waals surface area contributed by atoms with Crippen LogP contribution in [-0.4, -0.2) is 4.98 Å². The van der Waals surface area contributed by atoms with E-state index in [-0.39, 0.29) is 5.92 Å². The largest absolute Gasteiger partial charge is 0.236 e. The molecule has 0 radical (unpaired) electrons. The Kier molecular flexibility index (Phi) is 5.01. The molecular weight excluding hydrogens is 378 g/mol. The molecule has 150 valence electrons. The van der Waals surface area contributed by atoms with Crippen molar-refractivity contribution in [3.8, 4) is 0 Å². The lowest BCUT2D eigenvalue weighted by atomic mass is 9.79. The summed E-state index contributed by atoms with van der Waals surface area (Å²) >= 11 is 0. The van der Waals surface area contributed by atoms with Crippen LogP contribution in [0.2, 0.25) is 0 Å². The zero-order valence-electron chi connectivity index (χ0n) is 17.4. The molecule has 1 aliphatic carbocycles. The predicted octanol–water partition coefficient (Wildman–Crippen LogP) is 7.42. The number of hydrogen-bond donors (Lipinski definition) is 0. The minimum absolute atomic E-state index is 0.0405. The van der Waals surface area contributed by atoms with Crippen LogP contribution >= 0.6 is 0 Å². The molecule has 0 aliphatic heterocycles. The third-order valence-corrected chi connectivity index (χ3v) is 5.92. The van der Waals surface area contributed by atoms with E-state index in [4.69, 9.17) is 5.11 Å². The number of fused-ring (bicyclic) bond motifs is 1. The van der Waals surface area contributed by atoms with E-state index in [1.165, 1.54) is 27.8 Å². The van der Waals surface area contributed by atoms with Crippen molar-refractivity contribution >= 4 is 17.5 Å². The first kappa shape index (κ1) is 19.1. The third-order valence-electron chi connectivity index (χ3n) is 5.92. The van der Waals surface area contributed by atoms with Gasteiger partial charge >= 0.3 is 0 Å². The molecule has 31 heavy (non-hydrogen) atoms. The van der Waals surface area contributed by atoms with E-state index in [1.807, 2.05) is 24.3 Å². The highest BCUT2D eigenvalue weighted by Crippen LogP contribution is 2.56. The lowest BCUT2D eigenvalue weighted by Gasteiger charge is -2.28. The van der Waals surface area contributed by atoms with Crippen LogP contribution < -0.4 is 0 Å².